The molecule has 0 N–H and O–H groups in total. The van der Waals surface area contributed by atoms with E-state index in [2.05, 4.69) is 4.74 Å². The summed E-state index contributed by atoms with van der Waals surface area (Å²) in [7, 11) is 0. The van der Waals surface area contributed by atoms with Crippen LogP contribution in [0, 0.1) is 3.57 Å². The number of esters is 1. The summed E-state index contributed by atoms with van der Waals surface area (Å²) in [6, 6.07) is 4.19. The maximum atomic E-state index is 12.2. The summed E-state index contributed by atoms with van der Waals surface area (Å²) >= 11 is 1.84. The summed E-state index contributed by atoms with van der Waals surface area (Å²) in [5, 5.41) is 0. The molecule has 0 amide bonds. The molecule has 0 fully saturated rings. The standard InChI is InChI=1S/C11H10F3IO3/c1-2-17-10(16)6-7-8(15)4-3-5-9(7)18-11(12,13)14/h3-5H,2,6H2,1H3. The Morgan fingerprint density at radius 1 is 1.39 bits per heavy atom. The van der Waals surface area contributed by atoms with Crippen LogP contribution < -0.4 is 4.74 Å². The van der Waals surface area contributed by atoms with Crippen LogP contribution in [0.4, 0.5) is 13.2 Å². The van der Waals surface area contributed by atoms with Gasteiger partial charge < -0.3 is 9.47 Å². The van der Waals surface area contributed by atoms with E-state index in [0.29, 0.717) is 3.57 Å². The Morgan fingerprint density at radius 2 is 2.06 bits per heavy atom. The van der Waals surface area contributed by atoms with Crippen molar-refractivity contribution in [3.05, 3.63) is 27.3 Å². The van der Waals surface area contributed by atoms with E-state index in [1.807, 2.05) is 22.6 Å². The average molecular weight is 374 g/mol. The van der Waals surface area contributed by atoms with Crippen LogP contribution in [0.5, 0.6) is 5.75 Å². The highest BCUT2D eigenvalue weighted by Crippen LogP contribution is 2.29. The second-order valence-electron chi connectivity index (χ2n) is 3.25. The number of carbonyl (C=O) groups is 1. The molecule has 0 saturated heterocycles. The molecule has 0 atom stereocenters. The van der Waals surface area contributed by atoms with E-state index in [-0.39, 0.29) is 24.3 Å². The molecule has 0 spiro atoms. The minimum Gasteiger partial charge on any atom is -0.466 e. The Labute approximate surface area is 115 Å². The maximum absolute atomic E-state index is 12.2. The van der Waals surface area contributed by atoms with Crippen molar-refractivity contribution in [1.29, 1.82) is 0 Å². The number of alkyl halides is 3. The van der Waals surface area contributed by atoms with Gasteiger partial charge in [0.15, 0.2) is 0 Å². The molecule has 1 rings (SSSR count). The van der Waals surface area contributed by atoms with E-state index in [1.165, 1.54) is 12.1 Å². The third kappa shape index (κ3) is 4.71. The molecule has 0 aromatic heterocycles. The van der Waals surface area contributed by atoms with Gasteiger partial charge >= 0.3 is 12.3 Å². The normalized spacial score (nSPS) is 11.2. The van der Waals surface area contributed by atoms with Crippen molar-refractivity contribution in [1.82, 2.24) is 0 Å². The number of halogens is 4. The fourth-order valence-corrected chi connectivity index (χ4v) is 1.95. The Kier molecular flexibility index (Phi) is 5.24. The molecule has 3 nitrogen and oxygen atoms in total. The van der Waals surface area contributed by atoms with Gasteiger partial charge in [-0.25, -0.2) is 0 Å². The number of hydrogen-bond donors (Lipinski definition) is 0. The predicted molar refractivity (Wildman–Crippen MR) is 66.2 cm³/mol. The second-order valence-corrected chi connectivity index (χ2v) is 4.41. The highest BCUT2D eigenvalue weighted by molar-refractivity contribution is 14.1. The van der Waals surface area contributed by atoms with Gasteiger partial charge in [-0.3, -0.25) is 4.79 Å². The molecule has 0 heterocycles. The first-order chi connectivity index (χ1) is 8.33. The first-order valence-corrected chi connectivity index (χ1v) is 6.10. The molecule has 1 aromatic rings. The molecule has 0 saturated carbocycles. The van der Waals surface area contributed by atoms with Crippen LogP contribution in [-0.2, 0) is 16.0 Å². The lowest BCUT2D eigenvalue weighted by molar-refractivity contribution is -0.275. The lowest BCUT2D eigenvalue weighted by atomic mass is 10.1. The van der Waals surface area contributed by atoms with E-state index in [9.17, 15) is 18.0 Å². The van der Waals surface area contributed by atoms with E-state index < -0.39 is 12.3 Å². The zero-order valence-corrected chi connectivity index (χ0v) is 11.5. The third-order valence-electron chi connectivity index (χ3n) is 1.93. The van der Waals surface area contributed by atoms with Gasteiger partial charge in [0.05, 0.1) is 13.0 Å². The van der Waals surface area contributed by atoms with Crippen molar-refractivity contribution in [2.75, 3.05) is 6.61 Å². The zero-order valence-electron chi connectivity index (χ0n) is 9.38. The monoisotopic (exact) mass is 374 g/mol. The van der Waals surface area contributed by atoms with E-state index in [4.69, 9.17) is 4.74 Å². The van der Waals surface area contributed by atoms with Gasteiger partial charge in [-0.1, -0.05) is 6.07 Å². The van der Waals surface area contributed by atoms with E-state index in [1.54, 1.807) is 13.0 Å². The zero-order chi connectivity index (χ0) is 13.8. The first-order valence-electron chi connectivity index (χ1n) is 5.02. The number of hydrogen-bond acceptors (Lipinski definition) is 3. The molecule has 100 valence electrons. The molecule has 0 radical (unpaired) electrons. The van der Waals surface area contributed by atoms with Crippen molar-refractivity contribution in [2.45, 2.75) is 19.7 Å². The van der Waals surface area contributed by atoms with Gasteiger partial charge in [0.25, 0.3) is 0 Å². The second kappa shape index (κ2) is 6.26. The molecule has 0 aliphatic rings. The average Bonchev–Trinajstić information content (AvgIpc) is 2.21. The SMILES string of the molecule is CCOC(=O)Cc1c(I)cccc1OC(F)(F)F. The Balaban J connectivity index is 2.97. The van der Waals surface area contributed by atoms with Crippen molar-refractivity contribution in [3.63, 3.8) is 0 Å². The molecule has 1 aromatic carbocycles. The lowest BCUT2D eigenvalue weighted by Gasteiger charge is -2.14. The van der Waals surface area contributed by atoms with E-state index >= 15 is 0 Å². The quantitative estimate of drug-likeness (QED) is 0.600. The summed E-state index contributed by atoms with van der Waals surface area (Å²) in [5.74, 6) is -0.962. The summed E-state index contributed by atoms with van der Waals surface area (Å²) in [6.07, 6.45) is -5.04. The van der Waals surface area contributed by atoms with Gasteiger partial charge in [0, 0.05) is 9.13 Å². The Bertz CT molecular complexity index is 432. The fraction of sp³-hybridized carbons (Fsp3) is 0.364. The lowest BCUT2D eigenvalue weighted by Crippen LogP contribution is -2.19. The summed E-state index contributed by atoms with van der Waals surface area (Å²) < 4.78 is 45.7. The van der Waals surface area contributed by atoms with Crippen LogP contribution in [0.2, 0.25) is 0 Å². The number of rotatable bonds is 4. The Morgan fingerprint density at radius 3 is 2.61 bits per heavy atom. The van der Waals surface area contributed by atoms with Crippen LogP contribution in [0.15, 0.2) is 18.2 Å². The smallest absolute Gasteiger partial charge is 0.466 e. The summed E-state index contributed by atoms with van der Waals surface area (Å²) in [5.41, 5.74) is 0.175. The van der Waals surface area contributed by atoms with Crippen molar-refractivity contribution >= 4 is 28.6 Å². The fourth-order valence-electron chi connectivity index (χ4n) is 1.29. The van der Waals surface area contributed by atoms with Gasteiger partial charge in [-0.05, 0) is 41.6 Å². The molecule has 7 heteroatoms. The van der Waals surface area contributed by atoms with E-state index in [0.717, 1.165) is 0 Å². The van der Waals surface area contributed by atoms with Crippen LogP contribution in [0.25, 0.3) is 0 Å². The molecule has 0 aliphatic carbocycles. The number of carbonyl (C=O) groups excluding carboxylic acids is 1. The van der Waals surface area contributed by atoms with Crippen LogP contribution in [0.3, 0.4) is 0 Å². The minimum absolute atomic E-state index is 0.175. The molecular formula is C11H10F3IO3. The van der Waals surface area contributed by atoms with Crippen LogP contribution in [0.1, 0.15) is 12.5 Å². The number of benzene rings is 1. The minimum atomic E-state index is -4.78. The van der Waals surface area contributed by atoms with Gasteiger partial charge in [-0.2, -0.15) is 0 Å². The van der Waals surface area contributed by atoms with Crippen LogP contribution >= 0.6 is 22.6 Å². The maximum Gasteiger partial charge on any atom is 0.573 e. The topological polar surface area (TPSA) is 35.5 Å². The predicted octanol–water partition coefficient (Wildman–Crippen LogP) is 3.30. The van der Waals surface area contributed by atoms with Crippen molar-refractivity contribution in [3.8, 4) is 5.75 Å². The van der Waals surface area contributed by atoms with Crippen LogP contribution in [-0.4, -0.2) is 18.9 Å². The largest absolute Gasteiger partial charge is 0.573 e. The first kappa shape index (κ1) is 15.1. The molecule has 18 heavy (non-hydrogen) atoms. The number of ether oxygens (including phenoxy) is 2. The van der Waals surface area contributed by atoms with Crippen molar-refractivity contribution in [2.24, 2.45) is 0 Å². The van der Waals surface area contributed by atoms with Gasteiger partial charge in [-0.15, -0.1) is 13.2 Å². The third-order valence-corrected chi connectivity index (χ3v) is 2.94. The summed E-state index contributed by atoms with van der Waals surface area (Å²) in [6.45, 7) is 1.80. The molecule has 0 unspecified atom stereocenters. The van der Waals surface area contributed by atoms with Crippen molar-refractivity contribution < 1.29 is 27.4 Å². The molecule has 0 aliphatic heterocycles. The molecule has 0 bridgehead atoms. The highest BCUT2D eigenvalue weighted by atomic mass is 127. The van der Waals surface area contributed by atoms with Gasteiger partial charge in [0.1, 0.15) is 5.75 Å². The van der Waals surface area contributed by atoms with Gasteiger partial charge in [0.2, 0.25) is 0 Å². The molecular weight excluding hydrogens is 364 g/mol. The Hall–Kier alpha value is -0.990. The highest BCUT2D eigenvalue weighted by Gasteiger charge is 2.32. The summed E-state index contributed by atoms with van der Waals surface area (Å²) in [4.78, 5) is 11.3.